The fraction of sp³-hybridized carbons (Fsp3) is 0.600. The van der Waals surface area contributed by atoms with Crippen LogP contribution in [0.25, 0.3) is 0 Å². The lowest BCUT2D eigenvalue weighted by Gasteiger charge is -2.17. The van der Waals surface area contributed by atoms with E-state index in [1.807, 2.05) is 11.9 Å². The zero-order valence-corrected chi connectivity index (χ0v) is 15.4. The Morgan fingerprint density at radius 3 is 2.62 bits per heavy atom. The molecule has 0 unspecified atom stereocenters. The standard InChI is InChI=1S/C15H25BrN2O2S/c1-4-7-17-11-13-5-6-14(15(16)10-13)12-18(2)8-9-21(3,19)20/h5-6,10,17H,4,7-9,11-12H2,1-3H3. The van der Waals surface area contributed by atoms with E-state index in [0.717, 1.165) is 30.5 Å². The number of nitrogens with zero attached hydrogens (tertiary/aromatic N) is 1. The SMILES string of the molecule is CCCNCc1ccc(CN(C)CCS(C)(=O)=O)c(Br)c1. The fourth-order valence-corrected chi connectivity index (χ4v) is 3.12. The number of sulfone groups is 1. The first-order valence-corrected chi connectivity index (χ1v) is 10.0. The molecule has 0 bridgehead atoms. The molecule has 0 aliphatic carbocycles. The minimum atomic E-state index is -2.90. The predicted octanol–water partition coefficient (Wildman–Crippen LogP) is 2.43. The molecule has 0 aliphatic rings. The Hall–Kier alpha value is -0.430. The monoisotopic (exact) mass is 376 g/mol. The van der Waals surface area contributed by atoms with Crippen LogP contribution in [0, 0.1) is 0 Å². The van der Waals surface area contributed by atoms with E-state index in [1.54, 1.807) is 0 Å². The molecule has 21 heavy (non-hydrogen) atoms. The number of rotatable bonds is 9. The Labute approximate surface area is 137 Å². The molecule has 1 aromatic rings. The first kappa shape index (κ1) is 18.6. The summed E-state index contributed by atoms with van der Waals surface area (Å²) in [5.41, 5.74) is 2.42. The predicted molar refractivity (Wildman–Crippen MR) is 92.2 cm³/mol. The van der Waals surface area contributed by atoms with Gasteiger partial charge in [-0.25, -0.2) is 8.42 Å². The number of nitrogens with one attached hydrogen (secondary N) is 1. The summed E-state index contributed by atoms with van der Waals surface area (Å²) < 4.78 is 23.4. The van der Waals surface area contributed by atoms with Crippen molar-refractivity contribution in [2.45, 2.75) is 26.4 Å². The molecule has 0 saturated heterocycles. The highest BCUT2D eigenvalue weighted by molar-refractivity contribution is 9.10. The molecular weight excluding hydrogens is 352 g/mol. The van der Waals surface area contributed by atoms with Gasteiger partial charge in [-0.15, -0.1) is 0 Å². The average Bonchev–Trinajstić information content (AvgIpc) is 2.39. The fourth-order valence-electron chi connectivity index (χ4n) is 1.93. The Kier molecular flexibility index (Phi) is 7.87. The van der Waals surface area contributed by atoms with Gasteiger partial charge in [-0.05, 0) is 37.2 Å². The summed E-state index contributed by atoms with van der Waals surface area (Å²) >= 11 is 3.60. The van der Waals surface area contributed by atoms with Crippen molar-refractivity contribution < 1.29 is 8.42 Å². The molecule has 0 spiro atoms. The van der Waals surface area contributed by atoms with Gasteiger partial charge in [0, 0.05) is 30.4 Å². The second-order valence-corrected chi connectivity index (χ2v) is 8.58. The van der Waals surface area contributed by atoms with Crippen LogP contribution in [0.15, 0.2) is 22.7 Å². The van der Waals surface area contributed by atoms with Crippen LogP contribution in [0.2, 0.25) is 0 Å². The van der Waals surface area contributed by atoms with Crippen LogP contribution in [-0.4, -0.2) is 45.5 Å². The third kappa shape index (κ3) is 7.95. The lowest BCUT2D eigenvalue weighted by molar-refractivity contribution is 0.345. The summed E-state index contributed by atoms with van der Waals surface area (Å²) in [7, 11) is -0.964. The molecule has 0 heterocycles. The Morgan fingerprint density at radius 1 is 1.33 bits per heavy atom. The smallest absolute Gasteiger partial charge is 0.148 e. The van der Waals surface area contributed by atoms with Gasteiger partial charge in [0.15, 0.2) is 0 Å². The van der Waals surface area contributed by atoms with Gasteiger partial charge in [-0.1, -0.05) is 35.0 Å². The van der Waals surface area contributed by atoms with Crippen LogP contribution in [0.4, 0.5) is 0 Å². The number of halogens is 1. The van der Waals surface area contributed by atoms with Crippen LogP contribution < -0.4 is 5.32 Å². The summed E-state index contributed by atoms with van der Waals surface area (Å²) in [5.74, 6) is 0.195. The van der Waals surface area contributed by atoms with Crippen LogP contribution in [-0.2, 0) is 22.9 Å². The van der Waals surface area contributed by atoms with Crippen molar-refractivity contribution in [3.63, 3.8) is 0 Å². The van der Waals surface area contributed by atoms with E-state index in [4.69, 9.17) is 0 Å². The summed E-state index contributed by atoms with van der Waals surface area (Å²) in [5, 5.41) is 3.38. The van der Waals surface area contributed by atoms with E-state index >= 15 is 0 Å². The van der Waals surface area contributed by atoms with E-state index in [0.29, 0.717) is 6.54 Å². The van der Waals surface area contributed by atoms with Gasteiger partial charge in [0.2, 0.25) is 0 Å². The Balaban J connectivity index is 2.55. The number of hydrogen-bond acceptors (Lipinski definition) is 4. The van der Waals surface area contributed by atoms with Gasteiger partial charge in [-0.3, -0.25) is 0 Å². The highest BCUT2D eigenvalue weighted by Gasteiger charge is 2.08. The summed E-state index contributed by atoms with van der Waals surface area (Å²) in [4.78, 5) is 2.02. The van der Waals surface area contributed by atoms with E-state index in [1.165, 1.54) is 17.4 Å². The summed E-state index contributed by atoms with van der Waals surface area (Å²) in [6, 6.07) is 6.35. The molecule has 4 nitrogen and oxygen atoms in total. The Morgan fingerprint density at radius 2 is 2.05 bits per heavy atom. The quantitative estimate of drug-likeness (QED) is 0.672. The van der Waals surface area contributed by atoms with Gasteiger partial charge in [0.05, 0.1) is 5.75 Å². The van der Waals surface area contributed by atoms with Crippen LogP contribution in [0.5, 0.6) is 0 Å². The normalized spacial score (nSPS) is 12.0. The van der Waals surface area contributed by atoms with E-state index < -0.39 is 9.84 Å². The second-order valence-electron chi connectivity index (χ2n) is 5.47. The third-order valence-electron chi connectivity index (χ3n) is 3.16. The molecule has 1 N–H and O–H groups in total. The van der Waals surface area contributed by atoms with E-state index in [-0.39, 0.29) is 5.75 Å². The van der Waals surface area contributed by atoms with Crippen molar-refractivity contribution in [1.82, 2.24) is 10.2 Å². The molecule has 0 fully saturated rings. The van der Waals surface area contributed by atoms with Gasteiger partial charge in [0.1, 0.15) is 9.84 Å². The van der Waals surface area contributed by atoms with E-state index in [2.05, 4.69) is 46.4 Å². The minimum absolute atomic E-state index is 0.195. The van der Waals surface area contributed by atoms with Gasteiger partial charge < -0.3 is 10.2 Å². The maximum Gasteiger partial charge on any atom is 0.148 e. The van der Waals surface area contributed by atoms with Crippen molar-refractivity contribution >= 4 is 25.8 Å². The van der Waals surface area contributed by atoms with Gasteiger partial charge in [0.25, 0.3) is 0 Å². The molecule has 0 saturated carbocycles. The molecule has 0 atom stereocenters. The lowest BCUT2D eigenvalue weighted by atomic mass is 10.1. The molecule has 6 heteroatoms. The van der Waals surface area contributed by atoms with Crippen LogP contribution in [0.3, 0.4) is 0 Å². The van der Waals surface area contributed by atoms with Crippen molar-refractivity contribution in [1.29, 1.82) is 0 Å². The molecule has 0 aliphatic heterocycles. The molecule has 120 valence electrons. The minimum Gasteiger partial charge on any atom is -0.313 e. The molecule has 0 amide bonds. The molecule has 0 aromatic heterocycles. The molecule has 1 rings (SSSR count). The maximum atomic E-state index is 11.2. The molecule has 1 aromatic carbocycles. The highest BCUT2D eigenvalue weighted by Crippen LogP contribution is 2.20. The number of benzene rings is 1. The van der Waals surface area contributed by atoms with E-state index in [9.17, 15) is 8.42 Å². The Bertz CT molecular complexity index is 547. The summed E-state index contributed by atoms with van der Waals surface area (Å²) in [6.07, 6.45) is 2.40. The van der Waals surface area contributed by atoms with Crippen molar-refractivity contribution in [2.24, 2.45) is 0 Å². The topological polar surface area (TPSA) is 49.4 Å². The zero-order chi connectivity index (χ0) is 15.9. The summed E-state index contributed by atoms with van der Waals surface area (Å²) in [6.45, 7) is 5.33. The maximum absolute atomic E-state index is 11.2. The van der Waals surface area contributed by atoms with Crippen molar-refractivity contribution in [3.8, 4) is 0 Å². The van der Waals surface area contributed by atoms with Crippen molar-refractivity contribution in [2.75, 3.05) is 32.1 Å². The van der Waals surface area contributed by atoms with Gasteiger partial charge >= 0.3 is 0 Å². The largest absolute Gasteiger partial charge is 0.313 e. The third-order valence-corrected chi connectivity index (χ3v) is 4.82. The van der Waals surface area contributed by atoms with Crippen LogP contribution in [0.1, 0.15) is 24.5 Å². The highest BCUT2D eigenvalue weighted by atomic mass is 79.9. The van der Waals surface area contributed by atoms with Crippen molar-refractivity contribution in [3.05, 3.63) is 33.8 Å². The lowest BCUT2D eigenvalue weighted by Crippen LogP contribution is -2.25. The van der Waals surface area contributed by atoms with Gasteiger partial charge in [-0.2, -0.15) is 0 Å². The molecule has 0 radical (unpaired) electrons. The van der Waals surface area contributed by atoms with Crippen LogP contribution >= 0.6 is 15.9 Å². The average molecular weight is 377 g/mol. The second kappa shape index (κ2) is 8.88. The number of hydrogen-bond donors (Lipinski definition) is 1. The first-order valence-electron chi connectivity index (χ1n) is 7.16. The zero-order valence-electron chi connectivity index (χ0n) is 13.0. The molecular formula is C15H25BrN2O2S. The first-order chi connectivity index (χ1) is 9.81.